The fourth-order valence-corrected chi connectivity index (χ4v) is 1.67. The Kier molecular flexibility index (Phi) is 7.31. The molecule has 1 amide bonds. The minimum absolute atomic E-state index is 0.126. The number of ether oxygens (including phenoxy) is 2. The molecule has 6 heteroatoms. The fourth-order valence-electron chi connectivity index (χ4n) is 1.67. The molecule has 0 bridgehead atoms. The van der Waals surface area contributed by atoms with Gasteiger partial charge in [0.25, 0.3) is 0 Å². The van der Waals surface area contributed by atoms with Crippen LogP contribution < -0.4 is 11.1 Å². The highest BCUT2D eigenvalue weighted by molar-refractivity contribution is 5.85. The minimum atomic E-state index is -0.726. The Morgan fingerprint density at radius 1 is 1.30 bits per heavy atom. The smallest absolute Gasteiger partial charge is 0.328 e. The van der Waals surface area contributed by atoms with E-state index in [0.717, 1.165) is 5.56 Å². The van der Waals surface area contributed by atoms with Gasteiger partial charge in [-0.2, -0.15) is 0 Å². The first-order valence-corrected chi connectivity index (χ1v) is 6.36. The Labute approximate surface area is 118 Å². The number of benzene rings is 1. The van der Waals surface area contributed by atoms with Gasteiger partial charge >= 0.3 is 5.97 Å². The Bertz CT molecular complexity index is 422. The molecule has 0 fully saturated rings. The number of esters is 1. The van der Waals surface area contributed by atoms with Crippen LogP contribution in [-0.4, -0.2) is 44.8 Å². The standard InChI is InChI=1S/C14H20N2O4/c1-19-14(18)12(9-11-5-3-2-4-6-11)16-13(17)10-20-8-7-15/h2-6,12H,7-10,15H2,1H3,(H,16,17). The van der Waals surface area contributed by atoms with Crippen molar-refractivity contribution in [2.45, 2.75) is 12.5 Å². The van der Waals surface area contributed by atoms with Gasteiger partial charge in [-0.1, -0.05) is 30.3 Å². The largest absolute Gasteiger partial charge is 0.467 e. The predicted molar refractivity (Wildman–Crippen MR) is 74.0 cm³/mol. The lowest BCUT2D eigenvalue weighted by atomic mass is 10.1. The summed E-state index contributed by atoms with van der Waals surface area (Å²) in [6.07, 6.45) is 0.371. The molecular weight excluding hydrogens is 260 g/mol. The first-order valence-electron chi connectivity index (χ1n) is 6.36. The second kappa shape index (κ2) is 9.06. The van der Waals surface area contributed by atoms with Crippen LogP contribution in [0.1, 0.15) is 5.56 Å². The van der Waals surface area contributed by atoms with E-state index in [2.05, 4.69) is 5.32 Å². The number of carbonyl (C=O) groups excluding carboxylic acids is 2. The summed E-state index contributed by atoms with van der Waals surface area (Å²) in [5.41, 5.74) is 6.19. The molecule has 1 aromatic rings. The van der Waals surface area contributed by atoms with Crippen molar-refractivity contribution in [3.8, 4) is 0 Å². The average Bonchev–Trinajstić information content (AvgIpc) is 2.47. The number of nitrogens with two attached hydrogens (primary N) is 1. The molecule has 1 unspecified atom stereocenters. The van der Waals surface area contributed by atoms with Crippen molar-refractivity contribution in [1.29, 1.82) is 0 Å². The minimum Gasteiger partial charge on any atom is -0.467 e. The molecule has 0 spiro atoms. The van der Waals surface area contributed by atoms with Crippen LogP contribution in [0.3, 0.4) is 0 Å². The van der Waals surface area contributed by atoms with Gasteiger partial charge in [0.2, 0.25) is 5.91 Å². The summed E-state index contributed by atoms with van der Waals surface area (Å²) in [5.74, 6) is -0.856. The molecule has 0 radical (unpaired) electrons. The zero-order valence-electron chi connectivity index (χ0n) is 11.5. The third-order valence-corrected chi connectivity index (χ3v) is 2.60. The number of hydrogen-bond donors (Lipinski definition) is 2. The van der Waals surface area contributed by atoms with Crippen molar-refractivity contribution >= 4 is 11.9 Å². The van der Waals surface area contributed by atoms with Crippen molar-refractivity contribution < 1.29 is 19.1 Å². The highest BCUT2D eigenvalue weighted by Crippen LogP contribution is 2.04. The lowest BCUT2D eigenvalue weighted by Gasteiger charge is -2.16. The second-order valence-corrected chi connectivity index (χ2v) is 4.17. The van der Waals surface area contributed by atoms with Crippen molar-refractivity contribution in [1.82, 2.24) is 5.32 Å². The summed E-state index contributed by atoms with van der Waals surface area (Å²) >= 11 is 0. The van der Waals surface area contributed by atoms with Gasteiger partial charge < -0.3 is 20.5 Å². The Hall–Kier alpha value is -1.92. The van der Waals surface area contributed by atoms with Crippen LogP contribution in [0.2, 0.25) is 0 Å². The van der Waals surface area contributed by atoms with Crippen LogP contribution in [0.5, 0.6) is 0 Å². The summed E-state index contributed by atoms with van der Waals surface area (Å²) in [5, 5.41) is 2.60. The van der Waals surface area contributed by atoms with Gasteiger partial charge in [0, 0.05) is 13.0 Å². The molecule has 0 heterocycles. The Morgan fingerprint density at radius 3 is 2.60 bits per heavy atom. The van der Waals surface area contributed by atoms with Gasteiger partial charge in [-0.3, -0.25) is 4.79 Å². The van der Waals surface area contributed by atoms with Crippen LogP contribution in [0, 0.1) is 0 Å². The zero-order valence-corrected chi connectivity index (χ0v) is 11.5. The summed E-state index contributed by atoms with van der Waals surface area (Å²) < 4.78 is 9.72. The van der Waals surface area contributed by atoms with E-state index in [1.165, 1.54) is 7.11 Å². The highest BCUT2D eigenvalue weighted by atomic mass is 16.5. The normalized spacial score (nSPS) is 11.7. The van der Waals surface area contributed by atoms with E-state index in [-0.39, 0.29) is 12.5 Å². The van der Waals surface area contributed by atoms with Crippen LogP contribution in [0.25, 0.3) is 0 Å². The molecule has 110 valence electrons. The number of nitrogens with one attached hydrogen (secondary N) is 1. The van der Waals surface area contributed by atoms with E-state index in [0.29, 0.717) is 19.6 Å². The van der Waals surface area contributed by atoms with Gasteiger partial charge in [-0.15, -0.1) is 0 Å². The lowest BCUT2D eigenvalue weighted by Crippen LogP contribution is -2.44. The zero-order chi connectivity index (χ0) is 14.8. The summed E-state index contributed by atoms with van der Waals surface area (Å²) in [6, 6.07) is 8.66. The van der Waals surface area contributed by atoms with E-state index in [1.54, 1.807) is 0 Å². The van der Waals surface area contributed by atoms with Gasteiger partial charge in [0.1, 0.15) is 12.6 Å². The molecule has 0 saturated carbocycles. The molecule has 6 nitrogen and oxygen atoms in total. The van der Waals surface area contributed by atoms with E-state index in [4.69, 9.17) is 15.2 Å². The molecule has 0 aromatic heterocycles. The maximum Gasteiger partial charge on any atom is 0.328 e. The number of carbonyl (C=O) groups is 2. The first-order chi connectivity index (χ1) is 9.67. The SMILES string of the molecule is COC(=O)C(Cc1ccccc1)NC(=O)COCCN. The van der Waals surface area contributed by atoms with Crippen LogP contribution >= 0.6 is 0 Å². The fraction of sp³-hybridized carbons (Fsp3) is 0.429. The maximum absolute atomic E-state index is 11.7. The third-order valence-electron chi connectivity index (χ3n) is 2.60. The first kappa shape index (κ1) is 16.1. The van der Waals surface area contributed by atoms with Gasteiger partial charge in [0.05, 0.1) is 13.7 Å². The van der Waals surface area contributed by atoms with Crippen molar-refractivity contribution in [3.05, 3.63) is 35.9 Å². The number of methoxy groups -OCH3 is 1. The van der Waals surface area contributed by atoms with Gasteiger partial charge in [0.15, 0.2) is 0 Å². The predicted octanol–water partition coefficient (Wildman–Crippen LogP) is -0.138. The molecule has 3 N–H and O–H groups in total. The summed E-state index contributed by atoms with van der Waals surface area (Å²) in [4.78, 5) is 23.3. The number of rotatable bonds is 8. The van der Waals surface area contributed by atoms with Crippen molar-refractivity contribution in [3.63, 3.8) is 0 Å². The second-order valence-electron chi connectivity index (χ2n) is 4.17. The number of hydrogen-bond acceptors (Lipinski definition) is 5. The van der Waals surface area contributed by atoms with E-state index >= 15 is 0 Å². The quantitative estimate of drug-likeness (QED) is 0.511. The molecule has 0 aliphatic rings. The molecular formula is C14H20N2O4. The van der Waals surface area contributed by atoms with E-state index in [9.17, 15) is 9.59 Å². The van der Waals surface area contributed by atoms with Crippen molar-refractivity contribution in [2.24, 2.45) is 5.73 Å². The molecule has 20 heavy (non-hydrogen) atoms. The topological polar surface area (TPSA) is 90.6 Å². The molecule has 1 rings (SSSR count). The molecule has 0 aliphatic carbocycles. The molecule has 0 aliphatic heterocycles. The molecule has 1 aromatic carbocycles. The Morgan fingerprint density at radius 2 is 2.00 bits per heavy atom. The summed E-state index contributed by atoms with van der Waals surface area (Å²) in [7, 11) is 1.29. The molecule has 1 atom stereocenters. The van der Waals surface area contributed by atoms with Crippen molar-refractivity contribution in [2.75, 3.05) is 26.9 Å². The third kappa shape index (κ3) is 5.81. The van der Waals surface area contributed by atoms with Gasteiger partial charge in [-0.05, 0) is 5.56 Å². The summed E-state index contributed by atoms with van der Waals surface area (Å²) in [6.45, 7) is 0.520. The average molecular weight is 280 g/mol. The number of amides is 1. The van der Waals surface area contributed by atoms with Crippen LogP contribution in [0.15, 0.2) is 30.3 Å². The highest BCUT2D eigenvalue weighted by Gasteiger charge is 2.21. The van der Waals surface area contributed by atoms with Crippen LogP contribution in [-0.2, 0) is 25.5 Å². The van der Waals surface area contributed by atoms with E-state index < -0.39 is 12.0 Å². The lowest BCUT2D eigenvalue weighted by molar-refractivity contribution is -0.145. The van der Waals surface area contributed by atoms with Crippen LogP contribution in [0.4, 0.5) is 0 Å². The maximum atomic E-state index is 11.7. The van der Waals surface area contributed by atoms with E-state index in [1.807, 2.05) is 30.3 Å². The monoisotopic (exact) mass is 280 g/mol. The molecule has 0 saturated heterocycles. The van der Waals surface area contributed by atoms with Gasteiger partial charge in [-0.25, -0.2) is 4.79 Å². The Balaban J connectivity index is 2.56.